The van der Waals surface area contributed by atoms with Gasteiger partial charge in [0.15, 0.2) is 0 Å². The molecule has 0 aromatic rings. The van der Waals surface area contributed by atoms with Crippen LogP contribution in [0.15, 0.2) is 0 Å². The number of carbonyl (C=O) groups is 4. The van der Waals surface area contributed by atoms with Crippen LogP contribution in [0, 0.1) is 5.92 Å². The lowest BCUT2D eigenvalue weighted by atomic mass is 10.1. The van der Waals surface area contributed by atoms with Gasteiger partial charge in [0.25, 0.3) is 11.8 Å². The predicted octanol–water partition coefficient (Wildman–Crippen LogP) is 0.366. The molecule has 8 nitrogen and oxygen atoms in total. The van der Waals surface area contributed by atoms with Gasteiger partial charge in [-0.25, -0.2) is 9.59 Å². The fourth-order valence-electron chi connectivity index (χ4n) is 1.32. The van der Waals surface area contributed by atoms with E-state index < -0.39 is 30.4 Å². The lowest BCUT2D eigenvalue weighted by Crippen LogP contribution is -2.38. The average Bonchev–Trinajstić information content (AvgIpc) is 2.74. The standard InChI is InChI=1S/C12H18N2O6/c1-3-8(2)7-19-12(18)13-6-11(17)20-14-9(15)4-5-10(14)16/h8H,3-7H2,1-2H3,(H,13,18). The minimum Gasteiger partial charge on any atom is -0.449 e. The summed E-state index contributed by atoms with van der Waals surface area (Å²) in [5.74, 6) is -1.81. The number of hydrogen-bond acceptors (Lipinski definition) is 6. The van der Waals surface area contributed by atoms with Crippen LogP contribution < -0.4 is 5.32 Å². The second kappa shape index (κ2) is 7.46. The van der Waals surface area contributed by atoms with E-state index >= 15 is 0 Å². The second-order valence-corrected chi connectivity index (χ2v) is 4.51. The van der Waals surface area contributed by atoms with E-state index in [0.717, 1.165) is 6.42 Å². The first kappa shape index (κ1) is 15.9. The zero-order valence-electron chi connectivity index (χ0n) is 11.5. The van der Waals surface area contributed by atoms with Crippen LogP contribution >= 0.6 is 0 Å². The van der Waals surface area contributed by atoms with Gasteiger partial charge in [-0.15, -0.1) is 5.06 Å². The van der Waals surface area contributed by atoms with Gasteiger partial charge in [-0.3, -0.25) is 9.59 Å². The molecule has 1 atom stereocenters. The van der Waals surface area contributed by atoms with Gasteiger partial charge < -0.3 is 14.9 Å². The van der Waals surface area contributed by atoms with E-state index in [-0.39, 0.29) is 25.4 Å². The highest BCUT2D eigenvalue weighted by molar-refractivity contribution is 6.01. The number of rotatable bonds is 6. The van der Waals surface area contributed by atoms with Crippen LogP contribution in [0.4, 0.5) is 4.79 Å². The largest absolute Gasteiger partial charge is 0.449 e. The minimum absolute atomic E-state index is 0.0243. The van der Waals surface area contributed by atoms with Crippen molar-refractivity contribution in [2.75, 3.05) is 13.2 Å². The molecule has 1 N–H and O–H groups in total. The Kier molecular flexibility index (Phi) is 5.95. The molecule has 8 heteroatoms. The van der Waals surface area contributed by atoms with Gasteiger partial charge in [0.1, 0.15) is 6.54 Å². The smallest absolute Gasteiger partial charge is 0.407 e. The maximum absolute atomic E-state index is 11.4. The van der Waals surface area contributed by atoms with E-state index in [1.165, 1.54) is 0 Å². The number of hydrogen-bond donors (Lipinski definition) is 1. The number of carbonyl (C=O) groups excluding carboxylic acids is 4. The van der Waals surface area contributed by atoms with Gasteiger partial charge in [0, 0.05) is 12.8 Å². The normalized spacial score (nSPS) is 16.0. The molecule has 1 unspecified atom stereocenters. The SMILES string of the molecule is CCC(C)COC(=O)NCC(=O)ON1C(=O)CCC1=O. The van der Waals surface area contributed by atoms with Gasteiger partial charge in [0.05, 0.1) is 6.61 Å². The molecule has 0 spiro atoms. The van der Waals surface area contributed by atoms with Crippen molar-refractivity contribution in [2.45, 2.75) is 33.1 Å². The quantitative estimate of drug-likeness (QED) is 0.707. The molecule has 1 heterocycles. The number of amides is 3. The van der Waals surface area contributed by atoms with Crippen molar-refractivity contribution in [1.29, 1.82) is 0 Å². The van der Waals surface area contributed by atoms with Crippen molar-refractivity contribution in [2.24, 2.45) is 5.92 Å². The first-order valence-electron chi connectivity index (χ1n) is 6.41. The molecule has 0 aromatic carbocycles. The molecule has 1 fully saturated rings. The molecular formula is C12H18N2O6. The van der Waals surface area contributed by atoms with Gasteiger partial charge in [-0.2, -0.15) is 0 Å². The van der Waals surface area contributed by atoms with Crippen LogP contribution in [0.25, 0.3) is 0 Å². The number of nitrogens with zero attached hydrogens (tertiary/aromatic N) is 1. The van der Waals surface area contributed by atoms with Crippen LogP contribution in [-0.4, -0.2) is 42.1 Å². The van der Waals surface area contributed by atoms with Gasteiger partial charge >= 0.3 is 12.1 Å². The Morgan fingerprint density at radius 1 is 1.30 bits per heavy atom. The van der Waals surface area contributed by atoms with Crippen LogP contribution in [0.3, 0.4) is 0 Å². The summed E-state index contributed by atoms with van der Waals surface area (Å²) < 4.78 is 4.85. The van der Waals surface area contributed by atoms with E-state index in [4.69, 9.17) is 4.74 Å². The van der Waals surface area contributed by atoms with E-state index in [9.17, 15) is 19.2 Å². The summed E-state index contributed by atoms with van der Waals surface area (Å²) in [6.07, 6.45) is 0.169. The van der Waals surface area contributed by atoms with Crippen molar-refractivity contribution in [3.63, 3.8) is 0 Å². The van der Waals surface area contributed by atoms with Crippen LogP contribution in [-0.2, 0) is 24.0 Å². The zero-order chi connectivity index (χ0) is 15.1. The van der Waals surface area contributed by atoms with Crippen LogP contribution in [0.2, 0.25) is 0 Å². The van der Waals surface area contributed by atoms with E-state index in [1.807, 2.05) is 13.8 Å². The first-order chi connectivity index (χ1) is 9.43. The molecule has 0 aliphatic carbocycles. The summed E-state index contributed by atoms with van der Waals surface area (Å²) in [5, 5.41) is 2.61. The minimum atomic E-state index is -0.908. The van der Waals surface area contributed by atoms with Crippen LogP contribution in [0.1, 0.15) is 33.1 Å². The molecule has 112 valence electrons. The van der Waals surface area contributed by atoms with Gasteiger partial charge in [-0.1, -0.05) is 20.3 Å². The van der Waals surface area contributed by atoms with E-state index in [1.54, 1.807) is 0 Å². The summed E-state index contributed by atoms with van der Waals surface area (Å²) in [5.41, 5.74) is 0. The highest BCUT2D eigenvalue weighted by Crippen LogP contribution is 2.11. The predicted molar refractivity (Wildman–Crippen MR) is 66.0 cm³/mol. The van der Waals surface area contributed by atoms with Crippen molar-refractivity contribution in [1.82, 2.24) is 10.4 Å². The van der Waals surface area contributed by atoms with Crippen molar-refractivity contribution in [3.8, 4) is 0 Å². The third-order valence-electron chi connectivity index (χ3n) is 2.77. The molecule has 1 saturated heterocycles. The molecule has 0 radical (unpaired) electrons. The Hall–Kier alpha value is -2.12. The summed E-state index contributed by atoms with van der Waals surface area (Å²) in [4.78, 5) is 49.5. The Balaban J connectivity index is 2.24. The summed E-state index contributed by atoms with van der Waals surface area (Å²) in [6, 6.07) is 0. The molecule has 3 amide bonds. The molecular weight excluding hydrogens is 268 g/mol. The third-order valence-corrected chi connectivity index (χ3v) is 2.77. The fraction of sp³-hybridized carbons (Fsp3) is 0.667. The van der Waals surface area contributed by atoms with E-state index in [0.29, 0.717) is 5.06 Å². The zero-order valence-corrected chi connectivity index (χ0v) is 11.5. The summed E-state index contributed by atoms with van der Waals surface area (Å²) >= 11 is 0. The second-order valence-electron chi connectivity index (χ2n) is 4.51. The number of nitrogens with one attached hydrogen (secondary N) is 1. The van der Waals surface area contributed by atoms with Crippen LogP contribution in [0.5, 0.6) is 0 Å². The maximum atomic E-state index is 11.4. The Labute approximate surface area is 116 Å². The van der Waals surface area contributed by atoms with Crippen molar-refractivity contribution in [3.05, 3.63) is 0 Å². The highest BCUT2D eigenvalue weighted by atomic mass is 16.7. The summed E-state index contributed by atoms with van der Waals surface area (Å²) in [6.45, 7) is 3.66. The lowest BCUT2D eigenvalue weighted by Gasteiger charge is -2.13. The first-order valence-corrected chi connectivity index (χ1v) is 6.41. The third kappa shape index (κ3) is 4.87. The molecule has 0 bridgehead atoms. The number of hydroxylamine groups is 2. The topological polar surface area (TPSA) is 102 Å². The number of alkyl carbamates (subject to hydrolysis) is 1. The number of imide groups is 1. The maximum Gasteiger partial charge on any atom is 0.407 e. The summed E-state index contributed by atoms with van der Waals surface area (Å²) in [7, 11) is 0. The number of ether oxygens (including phenoxy) is 1. The molecule has 0 aromatic heterocycles. The van der Waals surface area contributed by atoms with E-state index in [2.05, 4.69) is 10.2 Å². The average molecular weight is 286 g/mol. The Morgan fingerprint density at radius 2 is 1.90 bits per heavy atom. The molecule has 1 aliphatic rings. The Morgan fingerprint density at radius 3 is 2.45 bits per heavy atom. The van der Waals surface area contributed by atoms with Gasteiger partial charge in [0.2, 0.25) is 0 Å². The monoisotopic (exact) mass is 286 g/mol. The fourth-order valence-corrected chi connectivity index (χ4v) is 1.32. The van der Waals surface area contributed by atoms with Crippen molar-refractivity contribution < 1.29 is 28.8 Å². The lowest BCUT2D eigenvalue weighted by molar-refractivity contribution is -0.196. The Bertz CT molecular complexity index is 393. The molecule has 1 aliphatic heterocycles. The highest BCUT2D eigenvalue weighted by Gasteiger charge is 2.32. The molecule has 1 rings (SSSR count). The molecule has 20 heavy (non-hydrogen) atoms. The molecule has 0 saturated carbocycles. The van der Waals surface area contributed by atoms with Crippen molar-refractivity contribution >= 4 is 23.9 Å². The van der Waals surface area contributed by atoms with Gasteiger partial charge in [-0.05, 0) is 5.92 Å².